The van der Waals surface area contributed by atoms with Crippen molar-refractivity contribution in [1.29, 1.82) is 0 Å². The molecule has 1 N–H and O–H groups in total. The monoisotopic (exact) mass is 311 g/mol. The number of nitrogens with one attached hydrogen (secondary N) is 1. The van der Waals surface area contributed by atoms with Gasteiger partial charge in [0, 0.05) is 6.54 Å². The fraction of sp³-hybridized carbons (Fsp3) is 0.308. The molecule has 7 heteroatoms. The third-order valence-electron chi connectivity index (χ3n) is 2.55. The second-order valence-corrected chi connectivity index (χ2v) is 6.64. The number of halogens is 1. The van der Waals surface area contributed by atoms with Gasteiger partial charge in [0.15, 0.2) is 4.34 Å². The predicted octanol–water partition coefficient (Wildman–Crippen LogP) is 2.70. The molecule has 1 amide bonds. The molecule has 0 aliphatic carbocycles. The molecule has 2 rings (SSSR count). The van der Waals surface area contributed by atoms with Crippen LogP contribution < -0.4 is 5.32 Å². The number of benzene rings is 1. The van der Waals surface area contributed by atoms with Crippen LogP contribution >= 0.6 is 23.1 Å². The molecular formula is C13H14FN3OS2. The largest absolute Gasteiger partial charge is 0.351 e. The summed E-state index contributed by atoms with van der Waals surface area (Å²) in [4.78, 5) is 11.7. The van der Waals surface area contributed by atoms with E-state index in [1.807, 2.05) is 6.92 Å². The van der Waals surface area contributed by atoms with Crippen molar-refractivity contribution in [3.63, 3.8) is 0 Å². The van der Waals surface area contributed by atoms with E-state index in [-0.39, 0.29) is 11.7 Å². The van der Waals surface area contributed by atoms with Gasteiger partial charge in [-0.05, 0) is 31.0 Å². The number of carbonyl (C=O) groups excluding carboxylic acids is 1. The standard InChI is InChI=1S/C13H14FN3OS2/c1-8-5-10(3-4-11(8)14)6-15-12(18)7-19-13-17-16-9(2)20-13/h3-5H,6-7H2,1-2H3,(H,15,18). The summed E-state index contributed by atoms with van der Waals surface area (Å²) in [5, 5.41) is 11.5. The number of aryl methyl sites for hydroxylation is 2. The number of nitrogens with zero attached hydrogens (tertiary/aromatic N) is 2. The average Bonchev–Trinajstić information content (AvgIpc) is 2.83. The van der Waals surface area contributed by atoms with Crippen LogP contribution in [0.3, 0.4) is 0 Å². The highest BCUT2D eigenvalue weighted by Crippen LogP contribution is 2.21. The molecule has 1 aromatic heterocycles. The van der Waals surface area contributed by atoms with Gasteiger partial charge in [0.25, 0.3) is 0 Å². The topological polar surface area (TPSA) is 54.9 Å². The molecular weight excluding hydrogens is 297 g/mol. The Labute approximate surface area is 124 Å². The van der Waals surface area contributed by atoms with Crippen molar-refractivity contribution in [2.45, 2.75) is 24.7 Å². The lowest BCUT2D eigenvalue weighted by Crippen LogP contribution is -2.24. The van der Waals surface area contributed by atoms with Crippen molar-refractivity contribution in [3.05, 3.63) is 40.2 Å². The maximum absolute atomic E-state index is 13.1. The highest BCUT2D eigenvalue weighted by Gasteiger charge is 2.07. The van der Waals surface area contributed by atoms with E-state index < -0.39 is 0 Å². The molecule has 0 unspecified atom stereocenters. The van der Waals surface area contributed by atoms with Crippen LogP contribution in [0, 0.1) is 19.7 Å². The second kappa shape index (κ2) is 6.81. The van der Waals surface area contributed by atoms with E-state index in [1.54, 1.807) is 19.1 Å². The van der Waals surface area contributed by atoms with Crippen molar-refractivity contribution in [2.75, 3.05) is 5.75 Å². The Bertz CT molecular complexity index is 615. The normalized spacial score (nSPS) is 10.6. The van der Waals surface area contributed by atoms with Crippen LogP contribution in [0.1, 0.15) is 16.1 Å². The van der Waals surface area contributed by atoms with Crippen molar-refractivity contribution in [2.24, 2.45) is 0 Å². The van der Waals surface area contributed by atoms with Crippen LogP contribution in [-0.4, -0.2) is 21.9 Å². The molecule has 106 valence electrons. The summed E-state index contributed by atoms with van der Waals surface area (Å²) in [6.45, 7) is 3.97. The van der Waals surface area contributed by atoms with Gasteiger partial charge >= 0.3 is 0 Å². The summed E-state index contributed by atoms with van der Waals surface area (Å²) >= 11 is 2.83. The number of hydrogen-bond acceptors (Lipinski definition) is 5. The Morgan fingerprint density at radius 1 is 1.40 bits per heavy atom. The van der Waals surface area contributed by atoms with Gasteiger partial charge in [-0.1, -0.05) is 35.2 Å². The summed E-state index contributed by atoms with van der Waals surface area (Å²) < 4.78 is 13.9. The Morgan fingerprint density at radius 3 is 2.85 bits per heavy atom. The molecule has 0 spiro atoms. The van der Waals surface area contributed by atoms with E-state index in [2.05, 4.69) is 15.5 Å². The molecule has 0 atom stereocenters. The van der Waals surface area contributed by atoms with Crippen LogP contribution in [0.4, 0.5) is 4.39 Å². The molecule has 0 fully saturated rings. The molecule has 2 aromatic rings. The number of aromatic nitrogens is 2. The number of carbonyl (C=O) groups is 1. The first-order valence-electron chi connectivity index (χ1n) is 5.99. The molecule has 20 heavy (non-hydrogen) atoms. The molecule has 0 aliphatic heterocycles. The SMILES string of the molecule is Cc1nnc(SCC(=O)NCc2ccc(F)c(C)c2)s1. The van der Waals surface area contributed by atoms with Gasteiger partial charge in [0.2, 0.25) is 5.91 Å². The van der Waals surface area contributed by atoms with Gasteiger partial charge in [-0.15, -0.1) is 10.2 Å². The van der Waals surface area contributed by atoms with Gasteiger partial charge in [-0.3, -0.25) is 4.79 Å². The van der Waals surface area contributed by atoms with Crippen LogP contribution in [-0.2, 0) is 11.3 Å². The third kappa shape index (κ3) is 4.28. The Balaban J connectivity index is 1.78. The molecule has 1 heterocycles. The molecule has 0 saturated heterocycles. The smallest absolute Gasteiger partial charge is 0.230 e. The minimum absolute atomic E-state index is 0.0789. The Hall–Kier alpha value is -1.47. The summed E-state index contributed by atoms with van der Waals surface area (Å²) in [6, 6.07) is 4.82. The van der Waals surface area contributed by atoms with Crippen LogP contribution in [0.15, 0.2) is 22.5 Å². The third-order valence-corrected chi connectivity index (χ3v) is 4.52. The van der Waals surface area contributed by atoms with E-state index >= 15 is 0 Å². The fourth-order valence-corrected chi connectivity index (χ4v) is 3.18. The van der Waals surface area contributed by atoms with Gasteiger partial charge in [0.1, 0.15) is 10.8 Å². The first kappa shape index (κ1) is 14.9. The minimum atomic E-state index is -0.234. The molecule has 0 aliphatic rings. The summed E-state index contributed by atoms with van der Waals surface area (Å²) in [6.07, 6.45) is 0. The zero-order chi connectivity index (χ0) is 14.5. The van der Waals surface area contributed by atoms with Crippen molar-refractivity contribution >= 4 is 29.0 Å². The number of rotatable bonds is 5. The lowest BCUT2D eigenvalue weighted by Gasteiger charge is -2.05. The maximum atomic E-state index is 13.1. The molecule has 0 radical (unpaired) electrons. The second-order valence-electron chi connectivity index (χ2n) is 4.24. The molecule has 1 aromatic carbocycles. The highest BCUT2D eigenvalue weighted by atomic mass is 32.2. The number of thioether (sulfide) groups is 1. The Morgan fingerprint density at radius 2 is 2.20 bits per heavy atom. The zero-order valence-corrected chi connectivity index (χ0v) is 12.8. The van der Waals surface area contributed by atoms with E-state index in [9.17, 15) is 9.18 Å². The first-order chi connectivity index (χ1) is 9.54. The van der Waals surface area contributed by atoms with Crippen LogP contribution in [0.5, 0.6) is 0 Å². The lowest BCUT2D eigenvalue weighted by atomic mass is 10.1. The number of hydrogen-bond donors (Lipinski definition) is 1. The van der Waals surface area contributed by atoms with Crippen molar-refractivity contribution in [3.8, 4) is 0 Å². The lowest BCUT2D eigenvalue weighted by molar-refractivity contribution is -0.118. The Kier molecular flexibility index (Phi) is 5.08. The highest BCUT2D eigenvalue weighted by molar-refractivity contribution is 8.01. The van der Waals surface area contributed by atoms with Crippen molar-refractivity contribution < 1.29 is 9.18 Å². The van der Waals surface area contributed by atoms with Gasteiger partial charge < -0.3 is 5.32 Å². The van der Waals surface area contributed by atoms with Crippen LogP contribution in [0.2, 0.25) is 0 Å². The summed E-state index contributed by atoms with van der Waals surface area (Å²) in [5.74, 6) is -0.0125. The van der Waals surface area contributed by atoms with Gasteiger partial charge in [-0.25, -0.2) is 4.39 Å². The van der Waals surface area contributed by atoms with Crippen LogP contribution in [0.25, 0.3) is 0 Å². The quantitative estimate of drug-likeness (QED) is 0.863. The number of amides is 1. The van der Waals surface area contributed by atoms with Gasteiger partial charge in [-0.2, -0.15) is 0 Å². The molecule has 4 nitrogen and oxygen atoms in total. The predicted molar refractivity (Wildman–Crippen MR) is 78.4 cm³/mol. The summed E-state index contributed by atoms with van der Waals surface area (Å²) in [5.41, 5.74) is 1.46. The molecule has 0 saturated carbocycles. The zero-order valence-electron chi connectivity index (χ0n) is 11.1. The van der Waals surface area contributed by atoms with E-state index in [0.717, 1.165) is 14.9 Å². The minimum Gasteiger partial charge on any atom is -0.351 e. The van der Waals surface area contributed by atoms with Crippen molar-refractivity contribution in [1.82, 2.24) is 15.5 Å². The molecule has 0 bridgehead atoms. The van der Waals surface area contributed by atoms with E-state index in [0.29, 0.717) is 17.9 Å². The summed E-state index contributed by atoms with van der Waals surface area (Å²) in [7, 11) is 0. The first-order valence-corrected chi connectivity index (χ1v) is 7.79. The van der Waals surface area contributed by atoms with E-state index in [1.165, 1.54) is 29.2 Å². The average molecular weight is 311 g/mol. The fourth-order valence-electron chi connectivity index (χ4n) is 1.53. The maximum Gasteiger partial charge on any atom is 0.230 e. The van der Waals surface area contributed by atoms with Gasteiger partial charge in [0.05, 0.1) is 5.75 Å². The van der Waals surface area contributed by atoms with E-state index in [4.69, 9.17) is 0 Å².